The summed E-state index contributed by atoms with van der Waals surface area (Å²) in [6.07, 6.45) is 29.7. The van der Waals surface area contributed by atoms with E-state index in [4.69, 9.17) is 4.99 Å². The average molecular weight is 477 g/mol. The van der Waals surface area contributed by atoms with Gasteiger partial charge < -0.3 is 5.32 Å². The highest BCUT2D eigenvalue weighted by Gasteiger charge is 2.35. The first-order valence-corrected chi connectivity index (χ1v) is 14.9. The highest BCUT2D eigenvalue weighted by atomic mass is 16.1. The summed E-state index contributed by atoms with van der Waals surface area (Å²) in [5, 5.41) is 2.95. The fourth-order valence-electron chi connectivity index (χ4n) is 5.21. The SMILES string of the molecule is CCCCCCCCCCCCCCCCCC/C=C/CC1=NCC[N+]1(CC)CCNC(C)=O. The Kier molecular flexibility index (Phi) is 19.2. The van der Waals surface area contributed by atoms with E-state index in [0.29, 0.717) is 0 Å². The van der Waals surface area contributed by atoms with Gasteiger partial charge in [-0.25, -0.2) is 4.99 Å². The van der Waals surface area contributed by atoms with Gasteiger partial charge in [-0.3, -0.25) is 9.28 Å². The van der Waals surface area contributed by atoms with Crippen LogP contribution >= 0.6 is 0 Å². The van der Waals surface area contributed by atoms with E-state index in [-0.39, 0.29) is 5.91 Å². The lowest BCUT2D eigenvalue weighted by molar-refractivity contribution is -0.832. The molecule has 0 aromatic carbocycles. The number of hydrogen-bond donors (Lipinski definition) is 1. The van der Waals surface area contributed by atoms with E-state index < -0.39 is 0 Å². The zero-order valence-corrected chi connectivity index (χ0v) is 23.2. The third-order valence-electron chi connectivity index (χ3n) is 7.58. The molecule has 4 heteroatoms. The fourth-order valence-corrected chi connectivity index (χ4v) is 5.21. The molecule has 1 amide bonds. The van der Waals surface area contributed by atoms with Gasteiger partial charge in [0.15, 0.2) is 0 Å². The molecule has 0 radical (unpaired) electrons. The predicted octanol–water partition coefficient (Wildman–Crippen LogP) is 7.97. The number of nitrogens with zero attached hydrogens (tertiary/aromatic N) is 2. The van der Waals surface area contributed by atoms with Gasteiger partial charge in [0.05, 0.1) is 26.1 Å². The number of amides is 1. The molecule has 0 saturated heterocycles. The van der Waals surface area contributed by atoms with Crippen LogP contribution in [0.15, 0.2) is 17.1 Å². The average Bonchev–Trinajstić information content (AvgIpc) is 3.23. The number of unbranched alkanes of at least 4 members (excludes halogenated alkanes) is 16. The maximum atomic E-state index is 11.2. The van der Waals surface area contributed by atoms with E-state index >= 15 is 0 Å². The number of likely N-dealkylation sites (N-methyl/N-ethyl adjacent to an activating group) is 1. The molecule has 1 atom stereocenters. The summed E-state index contributed by atoms with van der Waals surface area (Å²) >= 11 is 0. The summed E-state index contributed by atoms with van der Waals surface area (Å²) < 4.78 is 0.948. The lowest BCUT2D eigenvalue weighted by Gasteiger charge is -2.33. The number of amidine groups is 1. The van der Waals surface area contributed by atoms with Crippen molar-refractivity contribution in [1.82, 2.24) is 5.32 Å². The monoisotopic (exact) mass is 476 g/mol. The fraction of sp³-hybridized carbons (Fsp3) is 0.867. The Morgan fingerprint density at radius 3 is 1.85 bits per heavy atom. The second-order valence-electron chi connectivity index (χ2n) is 10.5. The van der Waals surface area contributed by atoms with Gasteiger partial charge in [0.1, 0.15) is 13.1 Å². The molecule has 34 heavy (non-hydrogen) atoms. The van der Waals surface area contributed by atoms with Gasteiger partial charge in [-0.1, -0.05) is 115 Å². The molecular formula is C30H58N3O+. The van der Waals surface area contributed by atoms with Crippen LogP contribution in [0, 0.1) is 0 Å². The van der Waals surface area contributed by atoms with Crippen LogP contribution in [0.1, 0.15) is 136 Å². The van der Waals surface area contributed by atoms with Crippen LogP contribution in [-0.2, 0) is 4.79 Å². The molecule has 1 aliphatic heterocycles. The summed E-state index contributed by atoms with van der Waals surface area (Å²) in [5.74, 6) is 1.36. The second kappa shape index (κ2) is 21.1. The summed E-state index contributed by atoms with van der Waals surface area (Å²) in [6.45, 7) is 10.9. The van der Waals surface area contributed by atoms with Crippen molar-refractivity contribution in [1.29, 1.82) is 0 Å². The van der Waals surface area contributed by atoms with Crippen molar-refractivity contribution in [3.8, 4) is 0 Å². The Balaban J connectivity index is 1.94. The van der Waals surface area contributed by atoms with Gasteiger partial charge in [0.25, 0.3) is 0 Å². The lowest BCUT2D eigenvalue weighted by Crippen LogP contribution is -2.53. The molecule has 0 aromatic heterocycles. The van der Waals surface area contributed by atoms with Crippen LogP contribution in [0.5, 0.6) is 0 Å². The van der Waals surface area contributed by atoms with Crippen molar-refractivity contribution in [2.45, 2.75) is 136 Å². The summed E-state index contributed by atoms with van der Waals surface area (Å²) in [6, 6.07) is 0. The first kappa shape index (κ1) is 30.9. The standard InChI is InChI=1S/C30H57N3O/c1-4-6-7-8-9-10-11-12-13-14-15-16-17-18-19-20-21-22-23-24-30-32-26-28-33(30,5-2)27-25-31-29(3)34/h22-23H,4-21,24-28H2,1-3H3/p+1/b23-22+. The number of nitrogens with one attached hydrogen (secondary N) is 1. The molecule has 0 saturated carbocycles. The van der Waals surface area contributed by atoms with Gasteiger partial charge in [0, 0.05) is 6.92 Å². The first-order valence-electron chi connectivity index (χ1n) is 14.9. The Hall–Kier alpha value is -1.16. The highest BCUT2D eigenvalue weighted by molar-refractivity contribution is 5.78. The number of rotatable bonds is 23. The minimum atomic E-state index is 0.0608. The number of quaternary nitrogens is 1. The van der Waals surface area contributed by atoms with Crippen molar-refractivity contribution in [3.05, 3.63) is 12.2 Å². The van der Waals surface area contributed by atoms with E-state index in [1.165, 1.54) is 115 Å². The van der Waals surface area contributed by atoms with Crippen LogP contribution < -0.4 is 5.32 Å². The van der Waals surface area contributed by atoms with Gasteiger partial charge in [-0.15, -0.1) is 0 Å². The number of carbonyl (C=O) groups excluding carboxylic acids is 1. The molecule has 1 heterocycles. The third-order valence-corrected chi connectivity index (χ3v) is 7.58. The van der Waals surface area contributed by atoms with Gasteiger partial charge >= 0.3 is 0 Å². The maximum absolute atomic E-state index is 11.2. The van der Waals surface area contributed by atoms with Crippen molar-refractivity contribution < 1.29 is 9.28 Å². The number of allylic oxidation sites excluding steroid dienone is 1. The number of carbonyl (C=O) groups is 1. The normalized spacial score (nSPS) is 18.0. The van der Waals surface area contributed by atoms with Crippen LogP contribution in [0.4, 0.5) is 0 Å². The number of hydrogen-bond acceptors (Lipinski definition) is 2. The van der Waals surface area contributed by atoms with Crippen molar-refractivity contribution in [2.24, 2.45) is 4.99 Å². The molecule has 198 valence electrons. The molecule has 0 spiro atoms. The maximum Gasteiger partial charge on any atom is 0.217 e. The highest BCUT2D eigenvalue weighted by Crippen LogP contribution is 2.18. The Bertz CT molecular complexity index is 557. The molecule has 4 nitrogen and oxygen atoms in total. The van der Waals surface area contributed by atoms with Crippen LogP contribution in [0.2, 0.25) is 0 Å². The molecule has 1 rings (SSSR count). The van der Waals surface area contributed by atoms with E-state index in [2.05, 4.69) is 31.3 Å². The van der Waals surface area contributed by atoms with Crippen LogP contribution in [-0.4, -0.2) is 48.9 Å². The third kappa shape index (κ3) is 15.0. The smallest absolute Gasteiger partial charge is 0.217 e. The molecule has 1 aliphatic rings. The van der Waals surface area contributed by atoms with Gasteiger partial charge in [-0.05, 0) is 19.8 Å². The van der Waals surface area contributed by atoms with Crippen LogP contribution in [0.3, 0.4) is 0 Å². The molecular weight excluding hydrogens is 418 g/mol. The molecule has 0 fully saturated rings. The molecule has 0 aromatic rings. The molecule has 0 aliphatic carbocycles. The largest absolute Gasteiger partial charge is 0.351 e. The van der Waals surface area contributed by atoms with E-state index in [1.807, 2.05) is 0 Å². The first-order chi connectivity index (χ1) is 16.6. The van der Waals surface area contributed by atoms with Gasteiger partial charge in [-0.2, -0.15) is 0 Å². The second-order valence-corrected chi connectivity index (χ2v) is 10.5. The van der Waals surface area contributed by atoms with Crippen molar-refractivity contribution >= 4 is 11.7 Å². The topological polar surface area (TPSA) is 41.5 Å². The van der Waals surface area contributed by atoms with Gasteiger partial charge in [0.2, 0.25) is 11.7 Å². The summed E-state index contributed by atoms with van der Waals surface area (Å²) in [7, 11) is 0. The molecule has 1 N–H and O–H groups in total. The Morgan fingerprint density at radius 2 is 1.35 bits per heavy atom. The summed E-state index contributed by atoms with van der Waals surface area (Å²) in [5.41, 5.74) is 0. The summed E-state index contributed by atoms with van der Waals surface area (Å²) in [4.78, 5) is 16.0. The lowest BCUT2D eigenvalue weighted by atomic mass is 10.0. The Labute approximate surface area is 212 Å². The minimum Gasteiger partial charge on any atom is -0.351 e. The van der Waals surface area contributed by atoms with Crippen molar-refractivity contribution in [3.63, 3.8) is 0 Å². The van der Waals surface area contributed by atoms with E-state index in [0.717, 1.165) is 43.6 Å². The van der Waals surface area contributed by atoms with Crippen molar-refractivity contribution in [2.75, 3.05) is 32.7 Å². The van der Waals surface area contributed by atoms with E-state index in [9.17, 15) is 4.79 Å². The zero-order chi connectivity index (χ0) is 24.7. The predicted molar refractivity (Wildman–Crippen MR) is 149 cm³/mol. The Morgan fingerprint density at radius 1 is 0.824 bits per heavy atom. The molecule has 0 bridgehead atoms. The minimum absolute atomic E-state index is 0.0608. The quantitative estimate of drug-likeness (QED) is 0.0906. The zero-order valence-electron chi connectivity index (χ0n) is 23.2. The molecule has 1 unspecified atom stereocenters. The van der Waals surface area contributed by atoms with Crippen LogP contribution in [0.25, 0.3) is 0 Å². The van der Waals surface area contributed by atoms with E-state index in [1.54, 1.807) is 6.92 Å². The number of aliphatic imine (C=N–C) groups is 1.